The number of hydrogen-bond donors (Lipinski definition) is 1. The van der Waals surface area contributed by atoms with Crippen molar-refractivity contribution in [1.82, 2.24) is 5.32 Å². The number of halogens is 2. The molecule has 1 aliphatic rings. The van der Waals surface area contributed by atoms with Crippen LogP contribution in [-0.2, 0) is 16.1 Å². The Balaban J connectivity index is 2.03. The lowest BCUT2D eigenvalue weighted by atomic mass is 10.1. The van der Waals surface area contributed by atoms with E-state index in [1.165, 1.54) is 6.92 Å². The molecule has 2 aromatic carbocycles. The molecule has 1 aliphatic heterocycles. The molecule has 2 aromatic rings. The van der Waals surface area contributed by atoms with E-state index < -0.39 is 6.04 Å². The van der Waals surface area contributed by atoms with Gasteiger partial charge in [0.1, 0.15) is 6.04 Å². The SMILES string of the molecule is CC(=O)NC1C(=O)N(Cc2ccccc2Cl)c2c(Cl)cccc21. The number of rotatable bonds is 3. The Bertz CT molecular complexity index is 792. The van der Waals surface area contributed by atoms with E-state index in [2.05, 4.69) is 5.32 Å². The third-order valence-corrected chi connectivity index (χ3v) is 4.42. The van der Waals surface area contributed by atoms with E-state index in [0.29, 0.717) is 27.8 Å². The summed E-state index contributed by atoms with van der Waals surface area (Å²) in [6.07, 6.45) is 0. The van der Waals surface area contributed by atoms with Crippen LogP contribution >= 0.6 is 23.2 Å². The Morgan fingerprint density at radius 2 is 1.83 bits per heavy atom. The number of nitrogens with zero attached hydrogens (tertiary/aromatic N) is 1. The average Bonchev–Trinajstić information content (AvgIpc) is 2.76. The number of anilines is 1. The van der Waals surface area contributed by atoms with E-state index in [1.54, 1.807) is 29.2 Å². The minimum Gasteiger partial charge on any atom is -0.341 e. The molecule has 0 saturated carbocycles. The molecule has 4 nitrogen and oxygen atoms in total. The maximum atomic E-state index is 12.8. The summed E-state index contributed by atoms with van der Waals surface area (Å²) < 4.78 is 0. The Hall–Kier alpha value is -2.04. The molecule has 1 N–H and O–H groups in total. The second-order valence-corrected chi connectivity index (χ2v) is 6.14. The molecular formula is C17H14Cl2N2O2. The molecule has 0 aromatic heterocycles. The van der Waals surface area contributed by atoms with Crippen LogP contribution in [0.1, 0.15) is 24.1 Å². The maximum absolute atomic E-state index is 12.8. The van der Waals surface area contributed by atoms with Gasteiger partial charge in [-0.05, 0) is 17.7 Å². The first-order valence-corrected chi connectivity index (χ1v) is 7.85. The fourth-order valence-corrected chi connectivity index (χ4v) is 3.22. The normalized spacial score (nSPS) is 16.4. The zero-order valence-electron chi connectivity index (χ0n) is 12.3. The minimum absolute atomic E-state index is 0.219. The third-order valence-electron chi connectivity index (χ3n) is 3.75. The zero-order chi connectivity index (χ0) is 16.6. The van der Waals surface area contributed by atoms with Gasteiger partial charge in [-0.25, -0.2) is 0 Å². The molecule has 23 heavy (non-hydrogen) atoms. The molecule has 1 unspecified atom stereocenters. The van der Waals surface area contributed by atoms with Crippen LogP contribution in [0.25, 0.3) is 0 Å². The summed E-state index contributed by atoms with van der Waals surface area (Å²) in [6, 6.07) is 11.9. The van der Waals surface area contributed by atoms with Crippen molar-refractivity contribution in [1.29, 1.82) is 0 Å². The lowest BCUT2D eigenvalue weighted by Crippen LogP contribution is -2.36. The molecule has 0 aliphatic carbocycles. The summed E-state index contributed by atoms with van der Waals surface area (Å²) in [4.78, 5) is 25.8. The number of nitrogens with one attached hydrogen (secondary N) is 1. The monoisotopic (exact) mass is 348 g/mol. The van der Waals surface area contributed by atoms with E-state index in [4.69, 9.17) is 23.2 Å². The van der Waals surface area contributed by atoms with Gasteiger partial charge in [0, 0.05) is 17.5 Å². The van der Waals surface area contributed by atoms with E-state index >= 15 is 0 Å². The van der Waals surface area contributed by atoms with E-state index in [1.807, 2.05) is 18.2 Å². The molecule has 1 heterocycles. The largest absolute Gasteiger partial charge is 0.341 e. The summed E-state index contributed by atoms with van der Waals surface area (Å²) >= 11 is 12.5. The second kappa shape index (κ2) is 6.22. The van der Waals surface area contributed by atoms with Crippen molar-refractivity contribution in [3.05, 3.63) is 63.6 Å². The smallest absolute Gasteiger partial charge is 0.254 e. The third kappa shape index (κ3) is 2.92. The topological polar surface area (TPSA) is 49.4 Å². The van der Waals surface area contributed by atoms with Gasteiger partial charge in [-0.3, -0.25) is 9.59 Å². The first kappa shape index (κ1) is 15.8. The highest BCUT2D eigenvalue weighted by atomic mass is 35.5. The number of hydrogen-bond acceptors (Lipinski definition) is 2. The Labute approximate surface area is 144 Å². The van der Waals surface area contributed by atoms with Crippen molar-refractivity contribution in [2.75, 3.05) is 4.90 Å². The van der Waals surface area contributed by atoms with E-state index in [9.17, 15) is 9.59 Å². The summed E-state index contributed by atoms with van der Waals surface area (Å²) in [5.41, 5.74) is 2.14. The molecule has 0 radical (unpaired) electrons. The molecule has 2 amide bonds. The number of para-hydroxylation sites is 1. The Morgan fingerprint density at radius 3 is 2.52 bits per heavy atom. The highest BCUT2D eigenvalue weighted by Crippen LogP contribution is 2.42. The van der Waals surface area contributed by atoms with Gasteiger partial charge in [-0.15, -0.1) is 0 Å². The lowest BCUT2D eigenvalue weighted by Gasteiger charge is -2.19. The number of fused-ring (bicyclic) bond motifs is 1. The molecule has 3 rings (SSSR count). The number of amides is 2. The molecule has 0 saturated heterocycles. The van der Waals surface area contributed by atoms with E-state index in [0.717, 1.165) is 5.56 Å². The average molecular weight is 349 g/mol. The first-order valence-electron chi connectivity index (χ1n) is 7.09. The Kier molecular flexibility index (Phi) is 4.28. The van der Waals surface area contributed by atoms with Crippen molar-refractivity contribution in [2.24, 2.45) is 0 Å². The van der Waals surface area contributed by atoms with E-state index in [-0.39, 0.29) is 11.8 Å². The summed E-state index contributed by atoms with van der Waals surface area (Å²) in [7, 11) is 0. The highest BCUT2D eigenvalue weighted by Gasteiger charge is 2.39. The molecule has 0 bridgehead atoms. The number of carbonyl (C=O) groups excluding carboxylic acids is 2. The fourth-order valence-electron chi connectivity index (χ4n) is 2.75. The maximum Gasteiger partial charge on any atom is 0.254 e. The van der Waals surface area contributed by atoms with Gasteiger partial charge < -0.3 is 10.2 Å². The van der Waals surface area contributed by atoms with Gasteiger partial charge in [0.05, 0.1) is 17.3 Å². The zero-order valence-corrected chi connectivity index (χ0v) is 13.9. The van der Waals surface area contributed by atoms with Crippen LogP contribution in [0, 0.1) is 0 Å². The van der Waals surface area contributed by atoms with Gasteiger partial charge in [0.25, 0.3) is 5.91 Å². The van der Waals surface area contributed by atoms with Crippen molar-refractivity contribution in [2.45, 2.75) is 19.5 Å². The predicted molar refractivity (Wildman–Crippen MR) is 90.7 cm³/mol. The molecular weight excluding hydrogens is 335 g/mol. The molecule has 118 valence electrons. The van der Waals surface area contributed by atoms with Gasteiger partial charge in [0.2, 0.25) is 5.91 Å². The van der Waals surface area contributed by atoms with Gasteiger partial charge in [-0.1, -0.05) is 53.5 Å². The van der Waals surface area contributed by atoms with Gasteiger partial charge in [0.15, 0.2) is 0 Å². The van der Waals surface area contributed by atoms with Crippen LogP contribution < -0.4 is 10.2 Å². The predicted octanol–water partition coefficient (Wildman–Crippen LogP) is 3.72. The first-order chi connectivity index (χ1) is 11.0. The van der Waals surface area contributed by atoms with Crippen LogP contribution in [-0.4, -0.2) is 11.8 Å². The Morgan fingerprint density at radius 1 is 1.13 bits per heavy atom. The van der Waals surface area contributed by atoms with Crippen LogP contribution in [0.15, 0.2) is 42.5 Å². The summed E-state index contributed by atoms with van der Waals surface area (Å²) in [5.74, 6) is -0.489. The number of benzene rings is 2. The second-order valence-electron chi connectivity index (χ2n) is 5.33. The van der Waals surface area contributed by atoms with Gasteiger partial charge in [-0.2, -0.15) is 0 Å². The van der Waals surface area contributed by atoms with Crippen LogP contribution in [0.4, 0.5) is 5.69 Å². The highest BCUT2D eigenvalue weighted by molar-refractivity contribution is 6.35. The standard InChI is InChI=1S/C17H14Cl2N2O2/c1-10(22)20-15-12-6-4-8-14(19)16(12)21(17(15)23)9-11-5-2-3-7-13(11)18/h2-8,15H,9H2,1H3,(H,20,22). The van der Waals surface area contributed by atoms with Crippen molar-refractivity contribution in [3.63, 3.8) is 0 Å². The molecule has 1 atom stereocenters. The van der Waals surface area contributed by atoms with Crippen LogP contribution in [0.2, 0.25) is 10.0 Å². The van der Waals surface area contributed by atoms with Gasteiger partial charge >= 0.3 is 0 Å². The van der Waals surface area contributed by atoms with Crippen molar-refractivity contribution < 1.29 is 9.59 Å². The van der Waals surface area contributed by atoms with Crippen molar-refractivity contribution >= 4 is 40.7 Å². The fraction of sp³-hybridized carbons (Fsp3) is 0.176. The van der Waals surface area contributed by atoms with Crippen LogP contribution in [0.3, 0.4) is 0 Å². The molecule has 6 heteroatoms. The lowest BCUT2D eigenvalue weighted by molar-refractivity contribution is -0.126. The summed E-state index contributed by atoms with van der Waals surface area (Å²) in [5, 5.41) is 3.73. The molecule has 0 spiro atoms. The number of carbonyl (C=O) groups is 2. The van der Waals surface area contributed by atoms with Crippen LogP contribution in [0.5, 0.6) is 0 Å². The molecule has 0 fully saturated rings. The van der Waals surface area contributed by atoms with Crippen molar-refractivity contribution in [3.8, 4) is 0 Å². The summed E-state index contributed by atoms with van der Waals surface area (Å²) in [6.45, 7) is 1.68. The quantitative estimate of drug-likeness (QED) is 0.918. The minimum atomic E-state index is -0.719.